The van der Waals surface area contributed by atoms with Crippen LogP contribution in [0.25, 0.3) is 0 Å². The molecule has 0 radical (unpaired) electrons. The minimum atomic E-state index is 0.157. The lowest BCUT2D eigenvalue weighted by Gasteiger charge is -2.35. The Morgan fingerprint density at radius 1 is 1.25 bits per heavy atom. The molecule has 1 aliphatic carbocycles. The molecule has 1 heterocycles. The molecule has 2 fully saturated rings. The van der Waals surface area contributed by atoms with Gasteiger partial charge in [0.2, 0.25) is 0 Å². The lowest BCUT2D eigenvalue weighted by atomic mass is 10.1. The first-order chi connectivity index (χ1) is 9.63. The Balaban J connectivity index is 1.61. The number of thiol groups is 1. The lowest BCUT2D eigenvalue weighted by Crippen LogP contribution is -2.49. The van der Waals surface area contributed by atoms with E-state index in [0.717, 1.165) is 48.1 Å². The minimum absolute atomic E-state index is 0.157. The molecule has 108 valence electrons. The topological polar surface area (TPSA) is 23.6 Å². The molecule has 0 aromatic heterocycles. The van der Waals surface area contributed by atoms with Gasteiger partial charge in [-0.25, -0.2) is 0 Å². The first-order valence-electron chi connectivity index (χ1n) is 7.45. The molecule has 1 aromatic carbocycles. The third-order valence-corrected chi connectivity index (χ3v) is 4.60. The Morgan fingerprint density at radius 3 is 2.60 bits per heavy atom. The number of hydrogen-bond acceptors (Lipinski definition) is 3. The van der Waals surface area contributed by atoms with E-state index in [2.05, 4.69) is 17.5 Å². The Kier molecular flexibility index (Phi) is 4.03. The fraction of sp³-hybridized carbons (Fsp3) is 0.562. The SMILES string of the molecule is Cc1ccc(S)cc1C(=O)N1CCN(CC2CC2)CC1. The molecule has 1 saturated carbocycles. The summed E-state index contributed by atoms with van der Waals surface area (Å²) >= 11 is 4.34. The summed E-state index contributed by atoms with van der Waals surface area (Å²) in [5, 5.41) is 0. The van der Waals surface area contributed by atoms with Gasteiger partial charge in [-0.1, -0.05) is 6.07 Å². The van der Waals surface area contributed by atoms with E-state index in [1.165, 1.54) is 19.4 Å². The number of hydrogen-bond donors (Lipinski definition) is 1. The van der Waals surface area contributed by atoms with Crippen LogP contribution in [-0.2, 0) is 0 Å². The molecule has 1 saturated heterocycles. The molecule has 1 aromatic rings. The summed E-state index contributed by atoms with van der Waals surface area (Å²) in [7, 11) is 0. The highest BCUT2D eigenvalue weighted by atomic mass is 32.1. The standard InChI is InChI=1S/C16H22N2OS/c1-12-2-5-14(20)10-15(12)16(19)18-8-6-17(7-9-18)11-13-3-4-13/h2,5,10,13,20H,3-4,6-9,11H2,1H3. The molecule has 2 aliphatic rings. The third kappa shape index (κ3) is 3.18. The smallest absolute Gasteiger partial charge is 0.254 e. The highest BCUT2D eigenvalue weighted by molar-refractivity contribution is 7.80. The van der Waals surface area contributed by atoms with Gasteiger partial charge in [0, 0.05) is 43.2 Å². The molecule has 3 rings (SSSR count). The van der Waals surface area contributed by atoms with Crippen molar-refractivity contribution in [1.29, 1.82) is 0 Å². The maximum absolute atomic E-state index is 12.6. The summed E-state index contributed by atoms with van der Waals surface area (Å²) in [6.45, 7) is 6.95. The van der Waals surface area contributed by atoms with E-state index in [4.69, 9.17) is 0 Å². The van der Waals surface area contributed by atoms with E-state index in [-0.39, 0.29) is 5.91 Å². The second-order valence-electron chi connectivity index (χ2n) is 6.04. The largest absolute Gasteiger partial charge is 0.336 e. The molecule has 0 spiro atoms. The van der Waals surface area contributed by atoms with E-state index in [9.17, 15) is 4.79 Å². The van der Waals surface area contributed by atoms with Crippen molar-refractivity contribution >= 4 is 18.5 Å². The molecular formula is C16H22N2OS. The number of piperazine rings is 1. The molecule has 1 amide bonds. The fourth-order valence-electron chi connectivity index (χ4n) is 2.81. The van der Waals surface area contributed by atoms with Crippen molar-refractivity contribution in [2.24, 2.45) is 5.92 Å². The van der Waals surface area contributed by atoms with E-state index < -0.39 is 0 Å². The summed E-state index contributed by atoms with van der Waals surface area (Å²) < 4.78 is 0. The zero-order valence-corrected chi connectivity index (χ0v) is 12.9. The number of carbonyl (C=O) groups excluding carboxylic acids is 1. The zero-order valence-electron chi connectivity index (χ0n) is 12.0. The number of benzene rings is 1. The van der Waals surface area contributed by atoms with E-state index in [0.29, 0.717) is 0 Å². The van der Waals surface area contributed by atoms with Crippen molar-refractivity contribution < 1.29 is 4.79 Å². The molecule has 0 N–H and O–H groups in total. The van der Waals surface area contributed by atoms with Gasteiger partial charge in [0.1, 0.15) is 0 Å². The van der Waals surface area contributed by atoms with Gasteiger partial charge in [0.15, 0.2) is 0 Å². The van der Waals surface area contributed by atoms with Gasteiger partial charge in [-0.3, -0.25) is 9.69 Å². The molecule has 1 aliphatic heterocycles. The second kappa shape index (κ2) is 5.78. The predicted octanol–water partition coefficient (Wildman–Crippen LogP) is 2.45. The van der Waals surface area contributed by atoms with Crippen molar-refractivity contribution in [3.63, 3.8) is 0 Å². The first-order valence-corrected chi connectivity index (χ1v) is 7.89. The summed E-state index contributed by atoms with van der Waals surface area (Å²) in [4.78, 5) is 17.9. The highest BCUT2D eigenvalue weighted by Crippen LogP contribution is 2.30. The van der Waals surface area contributed by atoms with Crippen LogP contribution in [0.1, 0.15) is 28.8 Å². The number of amides is 1. The van der Waals surface area contributed by atoms with Crippen LogP contribution >= 0.6 is 12.6 Å². The van der Waals surface area contributed by atoms with Crippen molar-refractivity contribution in [3.05, 3.63) is 29.3 Å². The maximum Gasteiger partial charge on any atom is 0.254 e. The Bertz CT molecular complexity index is 505. The van der Waals surface area contributed by atoms with Gasteiger partial charge < -0.3 is 4.90 Å². The van der Waals surface area contributed by atoms with Crippen LogP contribution in [0.4, 0.5) is 0 Å². The summed E-state index contributed by atoms with van der Waals surface area (Å²) in [6, 6.07) is 5.79. The van der Waals surface area contributed by atoms with Gasteiger partial charge in [0.25, 0.3) is 5.91 Å². The van der Waals surface area contributed by atoms with Gasteiger partial charge in [-0.05, 0) is 43.4 Å². The monoisotopic (exact) mass is 290 g/mol. The molecule has 20 heavy (non-hydrogen) atoms. The Morgan fingerprint density at radius 2 is 1.95 bits per heavy atom. The van der Waals surface area contributed by atoms with Crippen molar-refractivity contribution in [1.82, 2.24) is 9.80 Å². The average Bonchev–Trinajstić information content (AvgIpc) is 3.26. The maximum atomic E-state index is 12.6. The van der Waals surface area contributed by atoms with Crippen molar-refractivity contribution in [3.8, 4) is 0 Å². The molecule has 0 bridgehead atoms. The third-order valence-electron chi connectivity index (χ3n) is 4.32. The number of aryl methyl sites for hydroxylation is 1. The van der Waals surface area contributed by atoms with Crippen LogP contribution in [-0.4, -0.2) is 48.4 Å². The number of nitrogens with zero attached hydrogens (tertiary/aromatic N) is 2. The second-order valence-corrected chi connectivity index (χ2v) is 6.55. The van der Waals surface area contributed by atoms with Gasteiger partial charge in [-0.2, -0.15) is 0 Å². The van der Waals surface area contributed by atoms with Crippen LogP contribution in [0.15, 0.2) is 23.1 Å². The van der Waals surface area contributed by atoms with Crippen LogP contribution in [0.5, 0.6) is 0 Å². The van der Waals surface area contributed by atoms with Gasteiger partial charge in [0.05, 0.1) is 0 Å². The van der Waals surface area contributed by atoms with Crippen LogP contribution in [0.2, 0.25) is 0 Å². The highest BCUT2D eigenvalue weighted by Gasteiger charge is 2.28. The molecule has 0 unspecified atom stereocenters. The number of rotatable bonds is 3. The van der Waals surface area contributed by atoms with E-state index >= 15 is 0 Å². The van der Waals surface area contributed by atoms with Crippen LogP contribution in [0.3, 0.4) is 0 Å². The Hall–Kier alpha value is -1.00. The molecular weight excluding hydrogens is 268 g/mol. The van der Waals surface area contributed by atoms with Crippen molar-refractivity contribution in [2.45, 2.75) is 24.7 Å². The first kappa shape index (κ1) is 14.0. The zero-order chi connectivity index (χ0) is 14.1. The Labute approximate surface area is 126 Å². The molecule has 0 atom stereocenters. The van der Waals surface area contributed by atoms with E-state index in [1.807, 2.05) is 30.0 Å². The molecule has 3 nitrogen and oxygen atoms in total. The summed E-state index contributed by atoms with van der Waals surface area (Å²) in [5.41, 5.74) is 1.83. The lowest BCUT2D eigenvalue weighted by molar-refractivity contribution is 0.0631. The van der Waals surface area contributed by atoms with Crippen LogP contribution < -0.4 is 0 Å². The summed E-state index contributed by atoms with van der Waals surface area (Å²) in [6.07, 6.45) is 2.79. The minimum Gasteiger partial charge on any atom is -0.336 e. The fourth-order valence-corrected chi connectivity index (χ4v) is 3.01. The quantitative estimate of drug-likeness (QED) is 0.865. The normalized spacial score (nSPS) is 20.2. The predicted molar refractivity (Wildman–Crippen MR) is 83.5 cm³/mol. The van der Waals surface area contributed by atoms with Crippen LogP contribution in [0, 0.1) is 12.8 Å². The molecule has 4 heteroatoms. The number of carbonyl (C=O) groups is 1. The van der Waals surface area contributed by atoms with E-state index in [1.54, 1.807) is 0 Å². The summed E-state index contributed by atoms with van der Waals surface area (Å²) in [5.74, 6) is 1.09. The average molecular weight is 290 g/mol. The van der Waals surface area contributed by atoms with Gasteiger partial charge in [-0.15, -0.1) is 12.6 Å². The van der Waals surface area contributed by atoms with Crippen molar-refractivity contribution in [2.75, 3.05) is 32.7 Å². The van der Waals surface area contributed by atoms with Gasteiger partial charge >= 0.3 is 0 Å².